The van der Waals surface area contributed by atoms with Crippen LogP contribution >= 0.6 is 0 Å². The molecule has 0 bridgehead atoms. The molecule has 1 atom stereocenters. The van der Waals surface area contributed by atoms with Gasteiger partial charge in [0.2, 0.25) is 0 Å². The Labute approximate surface area is 187 Å². The van der Waals surface area contributed by atoms with Gasteiger partial charge >= 0.3 is 14.0 Å². The van der Waals surface area contributed by atoms with Gasteiger partial charge in [-0.15, -0.1) is 0 Å². The molecular weight excluding hydrogens is 364 g/mol. The summed E-state index contributed by atoms with van der Waals surface area (Å²) >= 11 is 0. The van der Waals surface area contributed by atoms with Crippen molar-refractivity contribution in [3.05, 3.63) is 53.8 Å². The minimum atomic E-state index is 0.0874. The highest BCUT2D eigenvalue weighted by Crippen LogP contribution is 2.49. The van der Waals surface area contributed by atoms with Gasteiger partial charge in [0.1, 0.15) is 0 Å². The molecule has 2 heterocycles. The van der Waals surface area contributed by atoms with Crippen molar-refractivity contribution in [3.8, 4) is 0 Å². The van der Waals surface area contributed by atoms with Crippen LogP contribution in [-0.2, 0) is 0 Å². The highest BCUT2D eigenvalue weighted by Gasteiger charge is 2.56. The van der Waals surface area contributed by atoms with Gasteiger partial charge in [0.05, 0.1) is 6.17 Å². The molecule has 1 aromatic carbocycles. The maximum absolute atomic E-state index is 2.67. The summed E-state index contributed by atoms with van der Waals surface area (Å²) in [4.78, 5) is 5.31. The zero-order valence-corrected chi connectivity index (χ0v) is 20.9. The van der Waals surface area contributed by atoms with E-state index in [-0.39, 0.29) is 5.41 Å². The summed E-state index contributed by atoms with van der Waals surface area (Å²) < 4.78 is 2.67. The molecule has 0 saturated carbocycles. The lowest BCUT2D eigenvalue weighted by molar-refractivity contribution is 0.251. The van der Waals surface area contributed by atoms with Crippen LogP contribution in [0.25, 0.3) is 0 Å². The second-order valence-corrected chi connectivity index (χ2v) is 9.32. The van der Waals surface area contributed by atoms with Crippen molar-refractivity contribution in [1.82, 2.24) is 9.53 Å². The van der Waals surface area contributed by atoms with E-state index in [1.165, 1.54) is 36.2 Å². The van der Waals surface area contributed by atoms with Gasteiger partial charge in [0.15, 0.2) is 0 Å². The highest BCUT2D eigenvalue weighted by molar-refractivity contribution is 6.74. The van der Waals surface area contributed by atoms with Crippen molar-refractivity contribution in [1.29, 1.82) is 0 Å². The van der Waals surface area contributed by atoms with E-state index in [0.717, 1.165) is 6.54 Å². The zero-order valence-electron chi connectivity index (χ0n) is 20.9. The molecule has 2 aliphatic heterocycles. The van der Waals surface area contributed by atoms with Crippen molar-refractivity contribution < 1.29 is 0 Å². The second kappa shape index (κ2) is 10.6. The molecule has 2 aliphatic rings. The summed E-state index contributed by atoms with van der Waals surface area (Å²) in [5, 5.41) is 0. The number of benzene rings is 1. The molecule has 1 aromatic rings. The number of para-hydroxylation sites is 1. The Bertz CT molecular complexity index is 729. The van der Waals surface area contributed by atoms with Crippen molar-refractivity contribution >= 4 is 19.7 Å². The van der Waals surface area contributed by atoms with Crippen molar-refractivity contribution in [2.75, 3.05) is 11.4 Å². The predicted molar refractivity (Wildman–Crippen MR) is 137 cm³/mol. The monoisotopic (exact) mass is 407 g/mol. The summed E-state index contributed by atoms with van der Waals surface area (Å²) in [7, 11) is 0. The molecule has 3 nitrogen and oxygen atoms in total. The molecule has 0 spiro atoms. The molecule has 30 heavy (non-hydrogen) atoms. The summed E-state index contributed by atoms with van der Waals surface area (Å²) in [6.07, 6.45) is 8.54. The fourth-order valence-corrected chi connectivity index (χ4v) is 4.96. The fourth-order valence-electron chi connectivity index (χ4n) is 4.96. The number of allylic oxidation sites excluding steroid dienone is 2. The third-order valence-corrected chi connectivity index (χ3v) is 6.72. The molecule has 0 N–H and O–H groups in total. The predicted octanol–water partition coefficient (Wildman–Crippen LogP) is 6.78. The normalized spacial score (nSPS) is 21.3. The first kappa shape index (κ1) is 24.7. The number of rotatable bonds is 5. The second-order valence-electron chi connectivity index (χ2n) is 9.32. The first-order valence-corrected chi connectivity index (χ1v) is 12.0. The van der Waals surface area contributed by atoms with Crippen molar-refractivity contribution in [3.63, 3.8) is 0 Å². The lowest BCUT2D eigenvalue weighted by atomic mass is 9.55. The van der Waals surface area contributed by atoms with E-state index in [4.69, 9.17) is 0 Å². The number of anilines is 1. The number of unbranched alkanes of at least 4 members (excludes halogenated alkanes) is 1. The van der Waals surface area contributed by atoms with E-state index in [0.29, 0.717) is 20.1 Å². The van der Waals surface area contributed by atoms with Crippen molar-refractivity contribution in [2.45, 2.75) is 87.5 Å². The average Bonchev–Trinajstić information content (AvgIpc) is 2.91. The Hall–Kier alpha value is -1.61. The van der Waals surface area contributed by atoms with Gasteiger partial charge in [0, 0.05) is 16.8 Å². The standard InChI is InChI=1S/C22H35B2N3.C3H8/c1-8-10-17-25-23(6)26(19-15-12-11-13-16-19)21-22(4,5)18(3)20(14-9-2)27(21)24(25)7;1-3-2/h9,11-16,21H,8,10,17H2,1-7H3;3H2,1-2H3/b14-9-;. The Morgan fingerprint density at radius 3 is 2.10 bits per heavy atom. The zero-order chi connectivity index (χ0) is 22.5. The summed E-state index contributed by atoms with van der Waals surface area (Å²) in [5.41, 5.74) is 4.29. The molecule has 0 aliphatic carbocycles. The van der Waals surface area contributed by atoms with E-state index < -0.39 is 0 Å². The highest BCUT2D eigenvalue weighted by atomic mass is 15.4. The van der Waals surface area contributed by atoms with Gasteiger partial charge in [-0.2, -0.15) is 0 Å². The largest absolute Gasteiger partial charge is 0.382 e. The molecule has 0 amide bonds. The van der Waals surface area contributed by atoms with Crippen LogP contribution in [0, 0.1) is 5.41 Å². The van der Waals surface area contributed by atoms with Crippen LogP contribution in [0.4, 0.5) is 5.69 Å². The topological polar surface area (TPSA) is 9.72 Å². The lowest BCUT2D eigenvalue weighted by Crippen LogP contribution is -2.74. The average molecular weight is 407 g/mol. The van der Waals surface area contributed by atoms with Crippen LogP contribution in [0.3, 0.4) is 0 Å². The Morgan fingerprint density at radius 2 is 1.57 bits per heavy atom. The Balaban J connectivity index is 0.00000101. The first-order chi connectivity index (χ1) is 14.3. The molecule has 1 saturated heterocycles. The maximum atomic E-state index is 2.67. The molecular formula is C25H43B2N3. The van der Waals surface area contributed by atoms with Crippen LogP contribution in [-0.4, -0.2) is 36.2 Å². The van der Waals surface area contributed by atoms with Gasteiger partial charge in [-0.3, -0.25) is 0 Å². The molecule has 1 fully saturated rings. The van der Waals surface area contributed by atoms with E-state index in [2.05, 4.69) is 119 Å². The van der Waals surface area contributed by atoms with Crippen LogP contribution in [0.2, 0.25) is 13.6 Å². The fraction of sp³-hybridized carbons (Fsp3) is 0.600. The number of hydrogen-bond acceptors (Lipinski definition) is 3. The van der Waals surface area contributed by atoms with Crippen molar-refractivity contribution in [2.24, 2.45) is 5.41 Å². The molecule has 1 unspecified atom stereocenters. The van der Waals surface area contributed by atoms with E-state index >= 15 is 0 Å². The van der Waals surface area contributed by atoms with Crippen LogP contribution in [0.15, 0.2) is 53.8 Å². The van der Waals surface area contributed by atoms with Crippen LogP contribution in [0.1, 0.15) is 67.7 Å². The van der Waals surface area contributed by atoms with Gasteiger partial charge in [0.25, 0.3) is 0 Å². The molecule has 0 aromatic heterocycles. The number of hydrogen-bond donors (Lipinski definition) is 0. The third-order valence-electron chi connectivity index (χ3n) is 6.72. The van der Waals surface area contributed by atoms with Crippen LogP contribution < -0.4 is 4.81 Å². The maximum Gasteiger partial charge on any atom is 0.331 e. The summed E-state index contributed by atoms with van der Waals surface area (Å²) in [5.74, 6) is 0. The van der Waals surface area contributed by atoms with E-state index in [1.807, 2.05) is 0 Å². The number of fused-ring (bicyclic) bond motifs is 1. The van der Waals surface area contributed by atoms with Gasteiger partial charge in [-0.05, 0) is 50.6 Å². The Morgan fingerprint density at radius 1 is 1.00 bits per heavy atom. The molecule has 5 heteroatoms. The summed E-state index contributed by atoms with van der Waals surface area (Å²) in [6.45, 7) is 22.5. The molecule has 164 valence electrons. The van der Waals surface area contributed by atoms with E-state index in [9.17, 15) is 0 Å². The molecule has 0 radical (unpaired) electrons. The minimum absolute atomic E-state index is 0.0874. The van der Waals surface area contributed by atoms with E-state index in [1.54, 1.807) is 0 Å². The van der Waals surface area contributed by atoms with Gasteiger partial charge in [-0.25, -0.2) is 0 Å². The smallest absolute Gasteiger partial charge is 0.331 e. The number of nitrogens with zero attached hydrogens (tertiary/aromatic N) is 3. The summed E-state index contributed by atoms with van der Waals surface area (Å²) in [6, 6.07) is 11.0. The molecule has 3 rings (SSSR count). The first-order valence-electron chi connectivity index (χ1n) is 12.0. The minimum Gasteiger partial charge on any atom is -0.382 e. The van der Waals surface area contributed by atoms with Gasteiger partial charge < -0.3 is 14.3 Å². The van der Waals surface area contributed by atoms with Crippen LogP contribution in [0.5, 0.6) is 0 Å². The Kier molecular flexibility index (Phi) is 8.73. The quantitative estimate of drug-likeness (QED) is 0.498. The third kappa shape index (κ3) is 4.51. The lowest BCUT2D eigenvalue weighted by Gasteiger charge is -2.57. The SMILES string of the molecule is C/C=C\C1=C(C)C(C)(C)C2N1B(C)N(CCCC)B(C)N2c1ccccc1.CCC. The van der Waals surface area contributed by atoms with Gasteiger partial charge in [-0.1, -0.05) is 85.4 Å².